The van der Waals surface area contributed by atoms with Crippen molar-refractivity contribution in [3.8, 4) is 0 Å². The van der Waals surface area contributed by atoms with Crippen LogP contribution in [0.5, 0.6) is 0 Å². The quantitative estimate of drug-likeness (QED) is 0.790. The molecule has 0 bridgehead atoms. The molecule has 0 aliphatic carbocycles. The Bertz CT molecular complexity index is 689. The lowest BCUT2D eigenvalue weighted by molar-refractivity contribution is -0.136. The van der Waals surface area contributed by atoms with Crippen LogP contribution in [0.15, 0.2) is 22.7 Å². The highest BCUT2D eigenvalue weighted by Gasteiger charge is 2.27. The van der Waals surface area contributed by atoms with E-state index in [1.54, 1.807) is 0 Å². The Morgan fingerprint density at radius 1 is 1.15 bits per heavy atom. The number of benzene rings is 1. The van der Waals surface area contributed by atoms with Gasteiger partial charge < -0.3 is 15.1 Å². The van der Waals surface area contributed by atoms with E-state index in [1.807, 2.05) is 34.9 Å². The maximum atomic E-state index is 12.6. The second-order valence-corrected chi connectivity index (χ2v) is 8.44. The summed E-state index contributed by atoms with van der Waals surface area (Å²) in [5.74, 6) is 0.226. The molecule has 1 aromatic carbocycles. The number of urea groups is 1. The van der Waals surface area contributed by atoms with Gasteiger partial charge in [-0.1, -0.05) is 22.0 Å². The second-order valence-electron chi connectivity index (χ2n) is 7.59. The molecule has 0 radical (unpaired) electrons. The Balaban J connectivity index is 1.46. The summed E-state index contributed by atoms with van der Waals surface area (Å²) in [6.45, 7) is 8.25. The van der Waals surface area contributed by atoms with Gasteiger partial charge in [-0.05, 0) is 50.8 Å². The van der Waals surface area contributed by atoms with E-state index in [9.17, 15) is 9.59 Å². The molecular formula is C20H29BrN4O2. The molecule has 2 heterocycles. The molecule has 6 nitrogen and oxygen atoms in total. The number of carbonyl (C=O) groups is 2. The second kappa shape index (κ2) is 9.06. The number of hydrogen-bond acceptors (Lipinski definition) is 3. The minimum absolute atomic E-state index is 0.0821. The van der Waals surface area contributed by atoms with Crippen molar-refractivity contribution in [3.05, 3.63) is 28.2 Å². The van der Waals surface area contributed by atoms with E-state index >= 15 is 0 Å². The fraction of sp³-hybridized carbons (Fsp3) is 0.600. The molecule has 1 atom stereocenters. The highest BCUT2D eigenvalue weighted by molar-refractivity contribution is 9.10. The number of aryl methyl sites for hydroxylation is 1. The summed E-state index contributed by atoms with van der Waals surface area (Å²) < 4.78 is 0.982. The molecular weight excluding hydrogens is 408 g/mol. The number of hydrogen-bond donors (Lipinski definition) is 1. The first-order valence-corrected chi connectivity index (χ1v) is 10.6. The van der Waals surface area contributed by atoms with E-state index in [0.717, 1.165) is 48.2 Å². The number of nitrogens with one attached hydrogen (secondary N) is 1. The largest absolute Gasteiger partial charge is 0.339 e. The first-order chi connectivity index (χ1) is 12.9. The van der Waals surface area contributed by atoms with Crippen molar-refractivity contribution in [2.24, 2.45) is 0 Å². The fourth-order valence-electron chi connectivity index (χ4n) is 3.73. The first kappa shape index (κ1) is 20.1. The molecule has 148 valence electrons. The fourth-order valence-corrected chi connectivity index (χ4v) is 4.11. The predicted octanol–water partition coefficient (Wildman–Crippen LogP) is 3.31. The molecule has 1 N–H and O–H groups in total. The standard InChI is InChI=1S/C20H29BrN4O2/c1-15-6-7-17(13-18(15)21)22-20(27)24-11-9-23(10-12-24)14-19(26)25-8-4-3-5-16(25)2/h6-7,13,16H,3-5,8-12,14H2,1-2H3,(H,22,27). The van der Waals surface area contributed by atoms with Crippen LogP contribution >= 0.6 is 15.9 Å². The molecule has 0 aromatic heterocycles. The summed E-state index contributed by atoms with van der Waals surface area (Å²) in [6.07, 6.45) is 3.43. The minimum atomic E-state index is -0.0821. The highest BCUT2D eigenvalue weighted by Crippen LogP contribution is 2.21. The van der Waals surface area contributed by atoms with Gasteiger partial charge in [0.05, 0.1) is 6.54 Å². The summed E-state index contributed by atoms with van der Waals surface area (Å²) in [6, 6.07) is 6.08. The van der Waals surface area contributed by atoms with Crippen LogP contribution in [0, 0.1) is 6.92 Å². The lowest BCUT2D eigenvalue weighted by Gasteiger charge is -2.38. The first-order valence-electron chi connectivity index (χ1n) is 9.78. The molecule has 0 spiro atoms. The zero-order valence-corrected chi connectivity index (χ0v) is 17.8. The van der Waals surface area contributed by atoms with E-state index in [2.05, 4.69) is 33.1 Å². The molecule has 2 aliphatic rings. The Labute approximate surface area is 170 Å². The molecule has 2 aliphatic heterocycles. The minimum Gasteiger partial charge on any atom is -0.339 e. The number of piperazine rings is 1. The van der Waals surface area contributed by atoms with E-state index in [0.29, 0.717) is 25.7 Å². The van der Waals surface area contributed by atoms with E-state index in [4.69, 9.17) is 0 Å². The number of rotatable bonds is 3. The van der Waals surface area contributed by atoms with Crippen LogP contribution in [0.4, 0.5) is 10.5 Å². The van der Waals surface area contributed by atoms with Gasteiger partial charge in [-0.25, -0.2) is 4.79 Å². The molecule has 1 aromatic rings. The van der Waals surface area contributed by atoms with Crippen LogP contribution in [0.2, 0.25) is 0 Å². The van der Waals surface area contributed by atoms with Gasteiger partial charge in [-0.15, -0.1) is 0 Å². The Kier molecular flexibility index (Phi) is 6.76. The summed E-state index contributed by atoms with van der Waals surface area (Å²) in [7, 11) is 0. The molecule has 7 heteroatoms. The molecule has 0 saturated carbocycles. The predicted molar refractivity (Wildman–Crippen MR) is 111 cm³/mol. The van der Waals surface area contributed by atoms with Gasteiger partial charge in [0.2, 0.25) is 5.91 Å². The zero-order valence-electron chi connectivity index (χ0n) is 16.2. The summed E-state index contributed by atoms with van der Waals surface area (Å²) in [5.41, 5.74) is 1.92. The van der Waals surface area contributed by atoms with Gasteiger partial charge in [0.1, 0.15) is 0 Å². The van der Waals surface area contributed by atoms with Gasteiger partial charge >= 0.3 is 6.03 Å². The monoisotopic (exact) mass is 436 g/mol. The number of likely N-dealkylation sites (tertiary alicyclic amines) is 1. The smallest absolute Gasteiger partial charge is 0.321 e. The Morgan fingerprint density at radius 2 is 1.89 bits per heavy atom. The summed E-state index contributed by atoms with van der Waals surface area (Å²) in [4.78, 5) is 31.1. The molecule has 27 heavy (non-hydrogen) atoms. The Hall–Kier alpha value is -1.60. The van der Waals surface area contributed by atoms with Crippen LogP contribution in [0.3, 0.4) is 0 Å². The van der Waals surface area contributed by atoms with Crippen molar-refractivity contribution < 1.29 is 9.59 Å². The average molecular weight is 437 g/mol. The maximum absolute atomic E-state index is 12.6. The van der Waals surface area contributed by atoms with Crippen LogP contribution in [0.25, 0.3) is 0 Å². The van der Waals surface area contributed by atoms with Crippen molar-refractivity contribution in [3.63, 3.8) is 0 Å². The third-order valence-electron chi connectivity index (χ3n) is 5.56. The van der Waals surface area contributed by atoms with Crippen LogP contribution < -0.4 is 5.32 Å². The van der Waals surface area contributed by atoms with Crippen molar-refractivity contribution in [1.82, 2.24) is 14.7 Å². The van der Waals surface area contributed by atoms with Gasteiger partial charge in [-0.3, -0.25) is 9.69 Å². The third kappa shape index (κ3) is 5.23. The lowest BCUT2D eigenvalue weighted by Crippen LogP contribution is -2.53. The van der Waals surface area contributed by atoms with Gasteiger partial charge in [-0.2, -0.15) is 0 Å². The number of halogens is 1. The third-order valence-corrected chi connectivity index (χ3v) is 6.42. The van der Waals surface area contributed by atoms with E-state index in [1.165, 1.54) is 6.42 Å². The summed E-state index contributed by atoms with van der Waals surface area (Å²) in [5, 5.41) is 2.96. The van der Waals surface area contributed by atoms with Gasteiger partial charge in [0.25, 0.3) is 0 Å². The van der Waals surface area contributed by atoms with Gasteiger partial charge in [0.15, 0.2) is 0 Å². The number of nitrogens with zero attached hydrogens (tertiary/aromatic N) is 3. The van der Waals surface area contributed by atoms with E-state index in [-0.39, 0.29) is 11.9 Å². The van der Waals surface area contributed by atoms with Crippen molar-refractivity contribution in [1.29, 1.82) is 0 Å². The number of carbonyl (C=O) groups excluding carboxylic acids is 2. The molecule has 1 unspecified atom stereocenters. The molecule has 3 amide bonds. The number of anilines is 1. The molecule has 2 fully saturated rings. The average Bonchev–Trinajstić information content (AvgIpc) is 2.65. The van der Waals surface area contributed by atoms with Crippen molar-refractivity contribution in [2.75, 3.05) is 44.6 Å². The van der Waals surface area contributed by atoms with Gasteiger partial charge in [0, 0.05) is 48.9 Å². The van der Waals surface area contributed by atoms with Crippen LogP contribution in [-0.2, 0) is 4.79 Å². The Morgan fingerprint density at radius 3 is 2.56 bits per heavy atom. The lowest BCUT2D eigenvalue weighted by atomic mass is 10.0. The molecule has 3 rings (SSSR count). The van der Waals surface area contributed by atoms with Crippen molar-refractivity contribution in [2.45, 2.75) is 39.2 Å². The number of amides is 3. The summed E-state index contributed by atoms with van der Waals surface area (Å²) >= 11 is 3.49. The van der Waals surface area contributed by atoms with Crippen LogP contribution in [-0.4, -0.2) is 71.9 Å². The van der Waals surface area contributed by atoms with E-state index < -0.39 is 0 Å². The van der Waals surface area contributed by atoms with Crippen LogP contribution in [0.1, 0.15) is 31.7 Å². The highest BCUT2D eigenvalue weighted by atomic mass is 79.9. The number of piperidine rings is 1. The normalized spacial score (nSPS) is 21.2. The van der Waals surface area contributed by atoms with Crippen molar-refractivity contribution >= 4 is 33.6 Å². The zero-order chi connectivity index (χ0) is 19.4. The maximum Gasteiger partial charge on any atom is 0.321 e. The topological polar surface area (TPSA) is 55.9 Å². The molecule has 2 saturated heterocycles. The SMILES string of the molecule is Cc1ccc(NC(=O)N2CCN(CC(=O)N3CCCCC3C)CC2)cc1Br.